The molecule has 0 atom stereocenters. The fourth-order valence-electron chi connectivity index (χ4n) is 2.50. The fraction of sp³-hybridized carbons (Fsp3) is 0.556. The number of esters is 1. The van der Waals surface area contributed by atoms with Crippen LogP contribution in [0.3, 0.4) is 0 Å². The summed E-state index contributed by atoms with van der Waals surface area (Å²) in [6, 6.07) is 1.60. The van der Waals surface area contributed by atoms with E-state index >= 15 is 0 Å². The molecule has 152 valence electrons. The number of nitrogens with zero attached hydrogens (tertiary/aromatic N) is 6. The molecule has 2 aromatic rings. The number of aryl methyl sites for hydroxylation is 1. The van der Waals surface area contributed by atoms with Gasteiger partial charge >= 0.3 is 5.97 Å². The lowest BCUT2D eigenvalue weighted by Gasteiger charge is -2.20. The van der Waals surface area contributed by atoms with E-state index in [1.807, 2.05) is 11.8 Å². The van der Waals surface area contributed by atoms with E-state index in [0.29, 0.717) is 35.6 Å². The summed E-state index contributed by atoms with van der Waals surface area (Å²) < 4.78 is 8.89. The van der Waals surface area contributed by atoms with Crippen LogP contribution in [0.2, 0.25) is 0 Å². The highest BCUT2D eigenvalue weighted by Gasteiger charge is 2.19. The summed E-state index contributed by atoms with van der Waals surface area (Å²) in [5, 5.41) is 0.696. The Morgan fingerprint density at radius 2 is 1.89 bits per heavy atom. The molecule has 1 amide bonds. The molecule has 28 heavy (non-hydrogen) atoms. The second kappa shape index (κ2) is 10.6. The third-order valence-electron chi connectivity index (χ3n) is 4.00. The maximum Gasteiger partial charge on any atom is 0.305 e. The van der Waals surface area contributed by atoms with Gasteiger partial charge in [0.2, 0.25) is 11.1 Å². The lowest BCUT2D eigenvalue weighted by molar-refractivity contribution is -0.140. The molecule has 0 fully saturated rings. The minimum absolute atomic E-state index is 0.179. The van der Waals surface area contributed by atoms with Gasteiger partial charge in [-0.15, -0.1) is 0 Å². The smallest absolute Gasteiger partial charge is 0.305 e. The van der Waals surface area contributed by atoms with Gasteiger partial charge < -0.3 is 9.64 Å². The van der Waals surface area contributed by atoms with Crippen LogP contribution in [0.25, 0.3) is 0 Å². The molecule has 0 saturated carbocycles. The summed E-state index contributed by atoms with van der Waals surface area (Å²) in [7, 11) is 4.77. The van der Waals surface area contributed by atoms with Crippen molar-refractivity contribution in [2.24, 2.45) is 0 Å². The van der Waals surface area contributed by atoms with Crippen LogP contribution in [0.5, 0.6) is 0 Å². The Morgan fingerprint density at radius 1 is 1.14 bits per heavy atom. The van der Waals surface area contributed by atoms with Crippen molar-refractivity contribution in [2.75, 3.05) is 32.6 Å². The third-order valence-corrected chi connectivity index (χ3v) is 4.83. The minimum atomic E-state index is -0.181. The zero-order chi connectivity index (χ0) is 20.5. The Morgan fingerprint density at radius 3 is 2.54 bits per heavy atom. The average molecular weight is 407 g/mol. The van der Waals surface area contributed by atoms with E-state index in [1.54, 1.807) is 26.4 Å². The van der Waals surface area contributed by atoms with Gasteiger partial charge in [-0.05, 0) is 25.8 Å². The van der Waals surface area contributed by atoms with Gasteiger partial charge in [-0.25, -0.2) is 15.0 Å². The molecule has 2 rings (SSSR count). The maximum atomic E-state index is 12.2. The molecule has 0 aliphatic heterocycles. The summed E-state index contributed by atoms with van der Waals surface area (Å²) in [5.74, 6) is 0.753. The van der Waals surface area contributed by atoms with Crippen molar-refractivity contribution in [2.45, 2.75) is 39.0 Å². The molecule has 0 saturated heterocycles. The molecule has 10 heteroatoms. The van der Waals surface area contributed by atoms with E-state index in [0.717, 1.165) is 25.7 Å². The van der Waals surface area contributed by atoms with Crippen LogP contribution in [0.15, 0.2) is 12.3 Å². The van der Waals surface area contributed by atoms with E-state index in [-0.39, 0.29) is 11.9 Å². The number of hydrogen-bond donors (Lipinski definition) is 0. The second-order valence-electron chi connectivity index (χ2n) is 6.46. The molecule has 0 radical (unpaired) electrons. The zero-order valence-electron chi connectivity index (χ0n) is 16.7. The molecule has 0 aliphatic carbocycles. The SMILES string of the molecule is COC(=O)CCCCCCN(c1nccc(C(=O)N(C)C)n1)c1nc(C)ns1. The Bertz CT molecular complexity index is 795. The molecule has 0 N–H and O–H groups in total. The van der Waals surface area contributed by atoms with Gasteiger partial charge in [-0.1, -0.05) is 12.8 Å². The van der Waals surface area contributed by atoms with E-state index in [9.17, 15) is 9.59 Å². The van der Waals surface area contributed by atoms with Crippen LogP contribution >= 0.6 is 11.5 Å². The summed E-state index contributed by atoms with van der Waals surface area (Å²) in [6.07, 6.45) is 5.56. The number of aromatic nitrogens is 4. The summed E-state index contributed by atoms with van der Waals surface area (Å²) >= 11 is 1.28. The van der Waals surface area contributed by atoms with Crippen LogP contribution < -0.4 is 4.90 Å². The van der Waals surface area contributed by atoms with E-state index in [2.05, 4.69) is 24.1 Å². The first kappa shape index (κ1) is 21.7. The minimum Gasteiger partial charge on any atom is -0.469 e. The van der Waals surface area contributed by atoms with Gasteiger partial charge in [-0.3, -0.25) is 14.5 Å². The standard InChI is InChI=1S/C18H26N6O3S/c1-13-20-18(28-22-13)24(12-8-6-5-7-9-15(25)27-4)17-19-11-10-14(21-17)16(26)23(2)3/h10-11H,5-9,12H2,1-4H3. The maximum absolute atomic E-state index is 12.2. The molecule has 0 spiro atoms. The van der Waals surface area contributed by atoms with Crippen LogP contribution in [0, 0.1) is 6.92 Å². The van der Waals surface area contributed by atoms with Gasteiger partial charge in [0.25, 0.3) is 5.91 Å². The Kier molecular flexibility index (Phi) is 8.24. The van der Waals surface area contributed by atoms with Crippen molar-refractivity contribution < 1.29 is 14.3 Å². The van der Waals surface area contributed by atoms with E-state index in [1.165, 1.54) is 23.5 Å². The van der Waals surface area contributed by atoms with Gasteiger partial charge in [0.05, 0.1) is 7.11 Å². The van der Waals surface area contributed by atoms with Crippen LogP contribution in [-0.4, -0.2) is 63.9 Å². The predicted octanol–water partition coefficient (Wildman–Crippen LogP) is 2.60. The number of anilines is 2. The Labute approximate surface area is 168 Å². The Balaban J connectivity index is 2.06. The lowest BCUT2D eigenvalue weighted by Crippen LogP contribution is -2.25. The number of carbonyl (C=O) groups is 2. The molecule has 2 heterocycles. The number of hydrogen-bond acceptors (Lipinski definition) is 9. The van der Waals surface area contributed by atoms with Crippen molar-refractivity contribution in [3.8, 4) is 0 Å². The van der Waals surface area contributed by atoms with Crippen LogP contribution in [0.1, 0.15) is 48.4 Å². The van der Waals surface area contributed by atoms with Crippen LogP contribution in [0.4, 0.5) is 11.1 Å². The largest absolute Gasteiger partial charge is 0.469 e. The lowest BCUT2D eigenvalue weighted by atomic mass is 10.1. The predicted molar refractivity (Wildman–Crippen MR) is 107 cm³/mol. The quantitative estimate of drug-likeness (QED) is 0.438. The number of rotatable bonds is 10. The number of unbranched alkanes of at least 4 members (excludes halogenated alkanes) is 3. The highest BCUT2D eigenvalue weighted by molar-refractivity contribution is 7.09. The van der Waals surface area contributed by atoms with Crippen molar-refractivity contribution in [1.82, 2.24) is 24.2 Å². The summed E-state index contributed by atoms with van der Waals surface area (Å²) in [6.45, 7) is 2.48. The van der Waals surface area contributed by atoms with Gasteiger partial charge in [-0.2, -0.15) is 4.37 Å². The number of ether oxygens (including phenoxy) is 1. The van der Waals surface area contributed by atoms with Crippen molar-refractivity contribution in [3.63, 3.8) is 0 Å². The molecule has 2 aromatic heterocycles. The van der Waals surface area contributed by atoms with Crippen LogP contribution in [-0.2, 0) is 9.53 Å². The topological polar surface area (TPSA) is 101 Å². The summed E-state index contributed by atoms with van der Waals surface area (Å²) in [5.41, 5.74) is 0.333. The highest BCUT2D eigenvalue weighted by atomic mass is 32.1. The molecular weight excluding hydrogens is 380 g/mol. The number of methoxy groups -OCH3 is 1. The normalized spacial score (nSPS) is 10.6. The monoisotopic (exact) mass is 406 g/mol. The first-order chi connectivity index (χ1) is 13.4. The first-order valence-electron chi connectivity index (χ1n) is 9.11. The zero-order valence-corrected chi connectivity index (χ0v) is 17.5. The van der Waals surface area contributed by atoms with Crippen molar-refractivity contribution in [3.05, 3.63) is 23.8 Å². The molecule has 0 bridgehead atoms. The third kappa shape index (κ3) is 6.22. The summed E-state index contributed by atoms with van der Waals surface area (Å²) in [4.78, 5) is 40.0. The Hall–Kier alpha value is -2.62. The fourth-order valence-corrected chi connectivity index (χ4v) is 3.20. The number of carbonyl (C=O) groups excluding carboxylic acids is 2. The van der Waals surface area contributed by atoms with Crippen molar-refractivity contribution in [1.29, 1.82) is 0 Å². The molecular formula is C18H26N6O3S. The molecule has 0 unspecified atom stereocenters. The van der Waals surface area contributed by atoms with Crippen molar-refractivity contribution >= 4 is 34.5 Å². The highest BCUT2D eigenvalue weighted by Crippen LogP contribution is 2.25. The molecule has 9 nitrogen and oxygen atoms in total. The van der Waals surface area contributed by atoms with Gasteiger partial charge in [0.15, 0.2) is 0 Å². The molecule has 0 aromatic carbocycles. The molecule has 0 aliphatic rings. The number of amides is 1. The van der Waals surface area contributed by atoms with E-state index < -0.39 is 0 Å². The second-order valence-corrected chi connectivity index (χ2v) is 7.19. The average Bonchev–Trinajstić information content (AvgIpc) is 3.12. The van der Waals surface area contributed by atoms with E-state index in [4.69, 9.17) is 0 Å². The first-order valence-corrected chi connectivity index (χ1v) is 9.89. The van der Waals surface area contributed by atoms with Gasteiger partial charge in [0.1, 0.15) is 11.5 Å². The van der Waals surface area contributed by atoms with Gasteiger partial charge in [0, 0.05) is 44.8 Å².